The van der Waals surface area contributed by atoms with Crippen molar-refractivity contribution < 1.29 is 14.5 Å². The molecule has 0 fully saturated rings. The van der Waals surface area contributed by atoms with Crippen molar-refractivity contribution in [3.63, 3.8) is 0 Å². The van der Waals surface area contributed by atoms with Crippen molar-refractivity contribution >= 4 is 33.1 Å². The Labute approximate surface area is 154 Å². The minimum atomic E-state index is -0.504. The Balaban J connectivity index is 1.65. The molecular formula is C18H17N3O4S. The monoisotopic (exact) mass is 371 g/mol. The summed E-state index contributed by atoms with van der Waals surface area (Å²) >= 11 is 1.55. The second kappa shape index (κ2) is 7.49. The Hall–Kier alpha value is -3.00. The second-order valence-electron chi connectivity index (χ2n) is 5.74. The number of benzene rings is 2. The van der Waals surface area contributed by atoms with Crippen LogP contribution in [0, 0.1) is 10.1 Å². The minimum Gasteiger partial charge on any atom is -0.484 e. The molecule has 0 bridgehead atoms. The van der Waals surface area contributed by atoms with E-state index in [1.165, 1.54) is 18.2 Å². The molecule has 1 unspecified atom stereocenters. The van der Waals surface area contributed by atoms with Crippen molar-refractivity contribution in [2.24, 2.45) is 0 Å². The smallest absolute Gasteiger partial charge is 0.273 e. The Bertz CT molecular complexity index is 923. The summed E-state index contributed by atoms with van der Waals surface area (Å²) in [6, 6.07) is 13.4. The lowest BCUT2D eigenvalue weighted by Gasteiger charge is -2.23. The number of amides is 1. The van der Waals surface area contributed by atoms with Gasteiger partial charge in [0.15, 0.2) is 6.61 Å². The van der Waals surface area contributed by atoms with E-state index in [4.69, 9.17) is 4.74 Å². The van der Waals surface area contributed by atoms with Gasteiger partial charge >= 0.3 is 0 Å². The predicted molar refractivity (Wildman–Crippen MR) is 99.4 cm³/mol. The number of likely N-dealkylation sites (N-methyl/N-ethyl adjacent to an activating group) is 1. The van der Waals surface area contributed by atoms with Gasteiger partial charge in [0.1, 0.15) is 10.8 Å². The number of para-hydroxylation sites is 1. The van der Waals surface area contributed by atoms with E-state index in [1.807, 2.05) is 31.2 Å². The SMILES string of the molecule is CC(c1nc2ccccc2s1)N(C)C(=O)COc1cccc([N+](=O)[O-])c1. The average molecular weight is 371 g/mol. The summed E-state index contributed by atoms with van der Waals surface area (Å²) < 4.78 is 6.48. The van der Waals surface area contributed by atoms with Gasteiger partial charge in [-0.05, 0) is 25.1 Å². The summed E-state index contributed by atoms with van der Waals surface area (Å²) in [7, 11) is 1.69. The Kier molecular flexibility index (Phi) is 5.13. The molecule has 0 radical (unpaired) electrons. The molecule has 0 spiro atoms. The van der Waals surface area contributed by atoms with E-state index >= 15 is 0 Å². The maximum atomic E-state index is 12.4. The normalized spacial score (nSPS) is 11.9. The van der Waals surface area contributed by atoms with Crippen LogP contribution in [0.25, 0.3) is 10.2 Å². The summed E-state index contributed by atoms with van der Waals surface area (Å²) in [5.41, 5.74) is 0.833. The lowest BCUT2D eigenvalue weighted by Crippen LogP contribution is -2.33. The summed E-state index contributed by atoms with van der Waals surface area (Å²) in [6.07, 6.45) is 0. The third kappa shape index (κ3) is 3.80. The Morgan fingerprint density at radius 3 is 2.81 bits per heavy atom. The number of nitro groups is 1. The van der Waals surface area contributed by atoms with E-state index in [2.05, 4.69) is 4.98 Å². The van der Waals surface area contributed by atoms with Crippen LogP contribution in [0.2, 0.25) is 0 Å². The zero-order valence-corrected chi connectivity index (χ0v) is 15.1. The van der Waals surface area contributed by atoms with Crippen LogP contribution in [-0.4, -0.2) is 34.4 Å². The zero-order chi connectivity index (χ0) is 18.7. The van der Waals surface area contributed by atoms with Gasteiger partial charge < -0.3 is 9.64 Å². The van der Waals surface area contributed by atoms with Gasteiger partial charge in [-0.3, -0.25) is 14.9 Å². The third-order valence-electron chi connectivity index (χ3n) is 4.03. The van der Waals surface area contributed by atoms with E-state index in [-0.39, 0.29) is 30.0 Å². The van der Waals surface area contributed by atoms with Gasteiger partial charge in [-0.1, -0.05) is 18.2 Å². The van der Waals surface area contributed by atoms with Crippen molar-refractivity contribution in [2.45, 2.75) is 13.0 Å². The quantitative estimate of drug-likeness (QED) is 0.486. The summed E-state index contributed by atoms with van der Waals surface area (Å²) in [6.45, 7) is 1.70. The zero-order valence-electron chi connectivity index (χ0n) is 14.3. The number of ether oxygens (including phenoxy) is 1. The number of carbonyl (C=O) groups excluding carboxylic acids is 1. The number of nitro benzene ring substituents is 1. The first-order valence-electron chi connectivity index (χ1n) is 7.94. The number of aromatic nitrogens is 1. The number of carbonyl (C=O) groups is 1. The maximum absolute atomic E-state index is 12.4. The molecule has 134 valence electrons. The highest BCUT2D eigenvalue weighted by molar-refractivity contribution is 7.18. The predicted octanol–water partition coefficient (Wildman–Crippen LogP) is 3.80. The van der Waals surface area contributed by atoms with Gasteiger partial charge in [0, 0.05) is 13.1 Å². The van der Waals surface area contributed by atoms with Gasteiger partial charge in [0.2, 0.25) is 0 Å². The van der Waals surface area contributed by atoms with Crippen molar-refractivity contribution in [1.82, 2.24) is 9.88 Å². The molecule has 1 amide bonds. The lowest BCUT2D eigenvalue weighted by atomic mass is 10.3. The molecule has 1 atom stereocenters. The molecule has 8 heteroatoms. The largest absolute Gasteiger partial charge is 0.484 e. The van der Waals surface area contributed by atoms with Gasteiger partial charge in [0.25, 0.3) is 11.6 Å². The van der Waals surface area contributed by atoms with Crippen LogP contribution in [0.5, 0.6) is 5.75 Å². The number of non-ortho nitro benzene ring substituents is 1. The molecule has 1 aromatic heterocycles. The average Bonchev–Trinajstić information content (AvgIpc) is 3.09. The Morgan fingerprint density at radius 2 is 2.08 bits per heavy atom. The van der Waals surface area contributed by atoms with Crippen LogP contribution in [-0.2, 0) is 4.79 Å². The molecule has 0 aliphatic carbocycles. The molecule has 0 aliphatic rings. The van der Waals surface area contributed by atoms with Crippen LogP contribution in [0.15, 0.2) is 48.5 Å². The van der Waals surface area contributed by atoms with Crippen molar-refractivity contribution in [3.8, 4) is 5.75 Å². The van der Waals surface area contributed by atoms with E-state index < -0.39 is 4.92 Å². The number of thiazole rings is 1. The highest BCUT2D eigenvalue weighted by Gasteiger charge is 2.21. The first-order valence-corrected chi connectivity index (χ1v) is 8.75. The molecule has 3 aromatic rings. The minimum absolute atomic E-state index is 0.0776. The van der Waals surface area contributed by atoms with Crippen molar-refractivity contribution in [3.05, 3.63) is 63.7 Å². The first-order chi connectivity index (χ1) is 12.5. The standard InChI is InChI=1S/C18H17N3O4S/c1-12(18-19-15-8-3-4-9-16(15)26-18)20(2)17(22)11-25-14-7-5-6-13(10-14)21(23)24/h3-10,12H,11H2,1-2H3. The molecule has 0 saturated carbocycles. The van der Waals surface area contributed by atoms with Crippen molar-refractivity contribution in [1.29, 1.82) is 0 Å². The van der Waals surface area contributed by atoms with Crippen LogP contribution in [0.1, 0.15) is 18.0 Å². The molecule has 0 aliphatic heterocycles. The number of hydrogen-bond donors (Lipinski definition) is 0. The summed E-state index contributed by atoms with van der Waals surface area (Å²) in [5, 5.41) is 11.6. The van der Waals surface area contributed by atoms with Crippen LogP contribution in [0.4, 0.5) is 5.69 Å². The summed E-state index contributed by atoms with van der Waals surface area (Å²) in [4.78, 5) is 28.8. The number of fused-ring (bicyclic) bond motifs is 1. The third-order valence-corrected chi connectivity index (χ3v) is 5.24. The van der Waals surface area contributed by atoms with Crippen LogP contribution >= 0.6 is 11.3 Å². The molecule has 3 rings (SSSR count). The number of nitrogens with zero attached hydrogens (tertiary/aromatic N) is 3. The van der Waals surface area contributed by atoms with E-state index in [1.54, 1.807) is 29.4 Å². The number of hydrogen-bond acceptors (Lipinski definition) is 6. The lowest BCUT2D eigenvalue weighted by molar-refractivity contribution is -0.384. The summed E-state index contributed by atoms with van der Waals surface area (Å²) in [5.74, 6) is 0.0526. The van der Waals surface area contributed by atoms with Gasteiger partial charge in [-0.15, -0.1) is 11.3 Å². The second-order valence-corrected chi connectivity index (χ2v) is 6.81. The van der Waals surface area contributed by atoms with E-state index in [9.17, 15) is 14.9 Å². The fourth-order valence-electron chi connectivity index (χ4n) is 2.38. The molecule has 7 nitrogen and oxygen atoms in total. The highest BCUT2D eigenvalue weighted by atomic mass is 32.1. The Morgan fingerprint density at radius 1 is 1.31 bits per heavy atom. The van der Waals surface area contributed by atoms with E-state index in [0.717, 1.165) is 15.2 Å². The molecule has 26 heavy (non-hydrogen) atoms. The molecule has 0 N–H and O–H groups in total. The van der Waals surface area contributed by atoms with Gasteiger partial charge in [-0.2, -0.15) is 0 Å². The topological polar surface area (TPSA) is 85.6 Å². The van der Waals surface area contributed by atoms with Crippen molar-refractivity contribution in [2.75, 3.05) is 13.7 Å². The molecule has 2 aromatic carbocycles. The molecule has 1 heterocycles. The van der Waals surface area contributed by atoms with Crippen LogP contribution in [0.3, 0.4) is 0 Å². The fourth-order valence-corrected chi connectivity index (χ4v) is 3.45. The fraction of sp³-hybridized carbons (Fsp3) is 0.222. The number of rotatable bonds is 6. The molecule has 0 saturated heterocycles. The van der Waals surface area contributed by atoms with E-state index in [0.29, 0.717) is 0 Å². The van der Waals surface area contributed by atoms with Gasteiger partial charge in [0.05, 0.1) is 27.2 Å². The molecular weight excluding hydrogens is 354 g/mol. The highest BCUT2D eigenvalue weighted by Crippen LogP contribution is 2.29. The first kappa shape index (κ1) is 17.8. The maximum Gasteiger partial charge on any atom is 0.273 e. The van der Waals surface area contributed by atoms with Gasteiger partial charge in [-0.25, -0.2) is 4.98 Å². The van der Waals surface area contributed by atoms with Crippen LogP contribution < -0.4 is 4.74 Å².